The Morgan fingerprint density at radius 2 is 2.03 bits per heavy atom. The summed E-state index contributed by atoms with van der Waals surface area (Å²) in [6.45, 7) is 1.97. The summed E-state index contributed by atoms with van der Waals surface area (Å²) in [6, 6.07) is 18.4. The van der Waals surface area contributed by atoms with Crippen LogP contribution in [0.1, 0.15) is 17.7 Å². The highest BCUT2D eigenvalue weighted by Crippen LogP contribution is 2.25. The van der Waals surface area contributed by atoms with Crippen LogP contribution in [0.3, 0.4) is 0 Å². The molecule has 1 saturated heterocycles. The van der Waals surface area contributed by atoms with E-state index in [2.05, 4.69) is 20.8 Å². The number of carbonyl (C=O) groups excluding carboxylic acids is 2. The van der Waals surface area contributed by atoms with Gasteiger partial charge in [-0.1, -0.05) is 53.2 Å². The molecule has 0 aliphatic carbocycles. The number of nitrogens with zero attached hydrogens (tertiary/aromatic N) is 2. The molecule has 1 fully saturated rings. The average Bonchev–Trinajstić information content (AvgIpc) is 3.37. The molecule has 162 valence electrons. The molecule has 3 aromatic rings. The van der Waals surface area contributed by atoms with E-state index in [1.165, 1.54) is 18.0 Å². The van der Waals surface area contributed by atoms with Gasteiger partial charge in [0.15, 0.2) is 5.17 Å². The number of rotatable bonds is 6. The molecule has 1 atom stereocenters. The first-order valence-corrected chi connectivity index (χ1v) is 11.0. The lowest BCUT2D eigenvalue weighted by Gasteiger charge is -2.07. The van der Waals surface area contributed by atoms with Gasteiger partial charge < -0.3 is 15.1 Å². The number of amidine groups is 1. The molecule has 2 N–H and O–H groups in total. The zero-order valence-electron chi connectivity index (χ0n) is 17.0. The zero-order valence-corrected chi connectivity index (χ0v) is 18.6. The number of anilines is 1. The lowest BCUT2D eigenvalue weighted by molar-refractivity contribution is -0.122. The predicted octanol–water partition coefficient (Wildman–Crippen LogP) is 4.86. The maximum absolute atomic E-state index is 12.3. The number of hydrogen-bond donors (Lipinski definition) is 2. The first kappa shape index (κ1) is 21.9. The number of aryl methyl sites for hydroxylation is 1. The minimum absolute atomic E-state index is 0.0360. The highest BCUT2D eigenvalue weighted by Gasteiger charge is 2.32. The van der Waals surface area contributed by atoms with E-state index in [4.69, 9.17) is 16.0 Å². The molecule has 0 bridgehead atoms. The summed E-state index contributed by atoms with van der Waals surface area (Å²) in [4.78, 5) is 24.4. The number of benzene rings is 2. The normalized spacial score (nSPS) is 17.1. The molecule has 0 spiro atoms. The molecule has 1 aliphatic rings. The van der Waals surface area contributed by atoms with Crippen LogP contribution in [0, 0.1) is 6.92 Å². The Balaban J connectivity index is 1.32. The fraction of sp³-hybridized carbons (Fsp3) is 0.130. The molecule has 2 heterocycles. The van der Waals surface area contributed by atoms with Crippen LogP contribution < -0.4 is 10.6 Å². The van der Waals surface area contributed by atoms with E-state index >= 15 is 0 Å². The second-order valence-corrected chi connectivity index (χ2v) is 8.70. The summed E-state index contributed by atoms with van der Waals surface area (Å²) in [5.41, 5.74) is 2.65. The van der Waals surface area contributed by atoms with E-state index in [1.807, 2.05) is 49.4 Å². The number of amides is 2. The molecule has 0 saturated carbocycles. The smallest absolute Gasteiger partial charge is 0.240 e. The van der Waals surface area contributed by atoms with E-state index in [9.17, 15) is 9.59 Å². The molecule has 2 amide bonds. The Morgan fingerprint density at radius 3 is 2.81 bits per heavy atom. The minimum atomic E-state index is -0.563. The van der Waals surface area contributed by atoms with Crippen molar-refractivity contribution in [1.29, 1.82) is 0 Å². The van der Waals surface area contributed by atoms with Crippen molar-refractivity contribution in [1.82, 2.24) is 5.32 Å². The highest BCUT2D eigenvalue weighted by atomic mass is 35.5. The first-order chi connectivity index (χ1) is 15.5. The average molecular weight is 467 g/mol. The van der Waals surface area contributed by atoms with Gasteiger partial charge in [-0.2, -0.15) is 5.10 Å². The fourth-order valence-corrected chi connectivity index (χ4v) is 4.08. The van der Waals surface area contributed by atoms with E-state index in [-0.39, 0.29) is 18.2 Å². The van der Waals surface area contributed by atoms with E-state index < -0.39 is 5.25 Å². The molecular weight excluding hydrogens is 448 g/mol. The number of furan rings is 1. The highest BCUT2D eigenvalue weighted by molar-refractivity contribution is 8.15. The van der Waals surface area contributed by atoms with Gasteiger partial charge in [0.2, 0.25) is 11.8 Å². The van der Waals surface area contributed by atoms with Crippen molar-refractivity contribution in [3.8, 4) is 11.3 Å². The molecule has 9 heteroatoms. The van der Waals surface area contributed by atoms with Crippen LogP contribution >= 0.6 is 23.4 Å². The quantitative estimate of drug-likeness (QED) is 0.400. The summed E-state index contributed by atoms with van der Waals surface area (Å²) in [5, 5.41) is 13.8. The van der Waals surface area contributed by atoms with Crippen LogP contribution in [0.4, 0.5) is 5.69 Å². The summed E-state index contributed by atoms with van der Waals surface area (Å²) in [6.07, 6.45) is 1.49. The van der Waals surface area contributed by atoms with Crippen molar-refractivity contribution < 1.29 is 14.0 Å². The van der Waals surface area contributed by atoms with Gasteiger partial charge in [0.25, 0.3) is 0 Å². The first-order valence-electron chi connectivity index (χ1n) is 9.77. The molecule has 0 unspecified atom stereocenters. The number of carbonyl (C=O) groups is 2. The maximum atomic E-state index is 12.3. The van der Waals surface area contributed by atoms with Crippen LogP contribution in [-0.2, 0) is 9.59 Å². The van der Waals surface area contributed by atoms with Crippen LogP contribution in [-0.4, -0.2) is 28.4 Å². The third-order valence-corrected chi connectivity index (χ3v) is 5.86. The number of halogens is 1. The minimum Gasteiger partial charge on any atom is -0.455 e. The number of nitrogens with one attached hydrogen (secondary N) is 2. The Bertz CT molecular complexity index is 1200. The van der Waals surface area contributed by atoms with Gasteiger partial charge >= 0.3 is 0 Å². The van der Waals surface area contributed by atoms with Crippen molar-refractivity contribution in [2.45, 2.75) is 18.6 Å². The molecule has 32 heavy (non-hydrogen) atoms. The van der Waals surface area contributed by atoms with E-state index in [0.29, 0.717) is 27.4 Å². The van der Waals surface area contributed by atoms with E-state index in [1.54, 1.807) is 18.2 Å². The number of hydrogen-bond acceptors (Lipinski definition) is 6. The summed E-state index contributed by atoms with van der Waals surface area (Å²) < 4.78 is 5.72. The van der Waals surface area contributed by atoms with Gasteiger partial charge in [-0.15, -0.1) is 5.10 Å². The van der Waals surface area contributed by atoms with Gasteiger partial charge in [-0.05, 0) is 43.3 Å². The second kappa shape index (κ2) is 9.84. The van der Waals surface area contributed by atoms with Crippen LogP contribution in [0.2, 0.25) is 5.02 Å². The molecule has 4 rings (SSSR count). The summed E-state index contributed by atoms with van der Waals surface area (Å²) >= 11 is 7.18. The lowest BCUT2D eigenvalue weighted by Crippen LogP contribution is -2.28. The summed E-state index contributed by atoms with van der Waals surface area (Å²) in [7, 11) is 0. The standard InChI is InChI=1S/C23H19ClN4O3S/c1-14-5-7-17(8-6-14)26-21(29)12-20-22(30)27-23(32-20)28-25-13-18-9-10-19(31-18)15-3-2-4-16(24)11-15/h2-11,13,20H,12H2,1H3,(H,26,29)(H,27,28,30)/b25-13-/t20-/m0/s1. The zero-order chi connectivity index (χ0) is 22.5. The van der Waals surface area contributed by atoms with Gasteiger partial charge in [0.1, 0.15) is 16.8 Å². The van der Waals surface area contributed by atoms with Gasteiger partial charge in [0.05, 0.1) is 6.21 Å². The molecule has 1 aromatic heterocycles. The van der Waals surface area contributed by atoms with Crippen LogP contribution in [0.25, 0.3) is 11.3 Å². The van der Waals surface area contributed by atoms with Crippen molar-refractivity contribution >= 4 is 52.2 Å². The van der Waals surface area contributed by atoms with Crippen molar-refractivity contribution in [2.75, 3.05) is 5.32 Å². The van der Waals surface area contributed by atoms with Gasteiger partial charge in [0, 0.05) is 22.7 Å². The second-order valence-electron chi connectivity index (χ2n) is 7.08. The Kier molecular flexibility index (Phi) is 6.72. The van der Waals surface area contributed by atoms with Crippen molar-refractivity contribution in [3.63, 3.8) is 0 Å². The Hall–Kier alpha value is -3.36. The SMILES string of the molecule is Cc1ccc(NC(=O)C[C@@H]2S/C(=N\N=C/c3ccc(-c4cccc(Cl)c4)o3)NC2=O)cc1. The molecule has 0 radical (unpaired) electrons. The van der Waals surface area contributed by atoms with Gasteiger partial charge in [-0.3, -0.25) is 9.59 Å². The topological polar surface area (TPSA) is 96.1 Å². The fourth-order valence-electron chi connectivity index (χ4n) is 2.96. The molecule has 7 nitrogen and oxygen atoms in total. The Morgan fingerprint density at radius 1 is 1.22 bits per heavy atom. The third kappa shape index (κ3) is 5.66. The van der Waals surface area contributed by atoms with Crippen molar-refractivity contribution in [3.05, 3.63) is 77.0 Å². The van der Waals surface area contributed by atoms with Crippen LogP contribution in [0.5, 0.6) is 0 Å². The Labute approximate surface area is 193 Å². The van der Waals surface area contributed by atoms with Crippen LogP contribution in [0.15, 0.2) is 75.3 Å². The monoisotopic (exact) mass is 466 g/mol. The molecule has 1 aliphatic heterocycles. The van der Waals surface area contributed by atoms with E-state index in [0.717, 1.165) is 11.1 Å². The lowest BCUT2D eigenvalue weighted by atomic mass is 10.2. The van der Waals surface area contributed by atoms with Gasteiger partial charge in [-0.25, -0.2) is 0 Å². The van der Waals surface area contributed by atoms with Crippen molar-refractivity contribution in [2.24, 2.45) is 10.2 Å². The summed E-state index contributed by atoms with van der Waals surface area (Å²) in [5.74, 6) is 0.650. The number of thioether (sulfide) groups is 1. The maximum Gasteiger partial charge on any atom is 0.240 e. The molecule has 2 aromatic carbocycles. The molecular formula is C23H19ClN4O3S. The largest absolute Gasteiger partial charge is 0.455 e. The predicted molar refractivity (Wildman–Crippen MR) is 128 cm³/mol. The third-order valence-electron chi connectivity index (χ3n) is 4.55.